The van der Waals surface area contributed by atoms with Crippen LogP contribution in [0.3, 0.4) is 0 Å². The van der Waals surface area contributed by atoms with E-state index < -0.39 is 5.97 Å². The SMILES string of the molecule is COc1ccccc1-c1ccnc(Cl)c1C(=O)O. The average molecular weight is 264 g/mol. The fraction of sp³-hybridized carbons (Fsp3) is 0.0769. The number of carbonyl (C=O) groups is 1. The number of hydrogen-bond acceptors (Lipinski definition) is 3. The van der Waals surface area contributed by atoms with Gasteiger partial charge in [-0.25, -0.2) is 9.78 Å². The zero-order valence-electron chi connectivity index (χ0n) is 9.55. The number of aromatic carboxylic acids is 1. The molecule has 0 aliphatic heterocycles. The molecule has 0 aliphatic carbocycles. The lowest BCUT2D eigenvalue weighted by Crippen LogP contribution is -2.03. The van der Waals surface area contributed by atoms with Crippen LogP contribution >= 0.6 is 11.6 Å². The summed E-state index contributed by atoms with van der Waals surface area (Å²) >= 11 is 5.84. The molecular formula is C13H10ClNO3. The van der Waals surface area contributed by atoms with Crippen molar-refractivity contribution in [2.45, 2.75) is 0 Å². The molecule has 0 fully saturated rings. The second-order valence-electron chi connectivity index (χ2n) is 3.53. The average Bonchev–Trinajstić information content (AvgIpc) is 2.38. The first-order valence-electron chi connectivity index (χ1n) is 5.16. The van der Waals surface area contributed by atoms with Gasteiger partial charge in [0.2, 0.25) is 0 Å². The van der Waals surface area contributed by atoms with Crippen LogP contribution in [0.25, 0.3) is 11.1 Å². The normalized spacial score (nSPS) is 10.1. The van der Waals surface area contributed by atoms with Gasteiger partial charge in [0.25, 0.3) is 0 Å². The largest absolute Gasteiger partial charge is 0.496 e. The predicted octanol–water partition coefficient (Wildman–Crippen LogP) is 3.11. The number of nitrogens with zero attached hydrogens (tertiary/aromatic N) is 1. The highest BCUT2D eigenvalue weighted by atomic mass is 35.5. The molecule has 2 rings (SSSR count). The van der Waals surface area contributed by atoms with Gasteiger partial charge >= 0.3 is 5.97 Å². The quantitative estimate of drug-likeness (QED) is 0.865. The van der Waals surface area contributed by atoms with Crippen LogP contribution in [0, 0.1) is 0 Å². The number of para-hydroxylation sites is 1. The minimum atomic E-state index is -1.12. The van der Waals surface area contributed by atoms with E-state index in [1.54, 1.807) is 24.3 Å². The van der Waals surface area contributed by atoms with Crippen LogP contribution in [0.5, 0.6) is 5.75 Å². The zero-order chi connectivity index (χ0) is 13.1. The Morgan fingerprint density at radius 1 is 1.28 bits per heavy atom. The van der Waals surface area contributed by atoms with Crippen LogP contribution in [0.1, 0.15) is 10.4 Å². The highest BCUT2D eigenvalue weighted by molar-refractivity contribution is 6.33. The lowest BCUT2D eigenvalue weighted by Gasteiger charge is -2.11. The Hall–Kier alpha value is -2.07. The van der Waals surface area contributed by atoms with Crippen molar-refractivity contribution in [3.63, 3.8) is 0 Å². The number of pyridine rings is 1. The maximum absolute atomic E-state index is 11.3. The molecule has 0 saturated heterocycles. The van der Waals surface area contributed by atoms with Crippen molar-refractivity contribution in [3.8, 4) is 16.9 Å². The van der Waals surface area contributed by atoms with E-state index in [2.05, 4.69) is 4.98 Å². The predicted molar refractivity (Wildman–Crippen MR) is 68.2 cm³/mol. The van der Waals surface area contributed by atoms with Crippen LogP contribution in [0.15, 0.2) is 36.5 Å². The zero-order valence-corrected chi connectivity index (χ0v) is 10.3. The number of carboxylic acid groups (broad SMARTS) is 1. The number of ether oxygens (including phenoxy) is 1. The Labute approximate surface area is 109 Å². The summed E-state index contributed by atoms with van der Waals surface area (Å²) in [6.45, 7) is 0. The van der Waals surface area contributed by atoms with Gasteiger partial charge in [-0.1, -0.05) is 29.8 Å². The monoisotopic (exact) mass is 263 g/mol. The molecule has 1 heterocycles. The number of carboxylic acids is 1. The van der Waals surface area contributed by atoms with E-state index >= 15 is 0 Å². The van der Waals surface area contributed by atoms with E-state index in [4.69, 9.17) is 16.3 Å². The van der Waals surface area contributed by atoms with Crippen molar-refractivity contribution in [1.82, 2.24) is 4.98 Å². The molecule has 0 bridgehead atoms. The molecule has 5 heteroatoms. The molecular weight excluding hydrogens is 254 g/mol. The molecule has 1 aromatic carbocycles. The number of methoxy groups -OCH3 is 1. The van der Waals surface area contributed by atoms with Crippen molar-refractivity contribution in [2.24, 2.45) is 0 Å². The summed E-state index contributed by atoms with van der Waals surface area (Å²) in [6, 6.07) is 8.75. The first-order chi connectivity index (χ1) is 8.65. The summed E-state index contributed by atoms with van der Waals surface area (Å²) in [7, 11) is 1.53. The minimum absolute atomic E-state index is 0.0244. The van der Waals surface area contributed by atoms with Gasteiger partial charge < -0.3 is 9.84 Å². The van der Waals surface area contributed by atoms with Crippen molar-refractivity contribution in [3.05, 3.63) is 47.2 Å². The molecule has 2 aromatic rings. The van der Waals surface area contributed by atoms with Crippen molar-refractivity contribution < 1.29 is 14.6 Å². The molecule has 18 heavy (non-hydrogen) atoms. The third kappa shape index (κ3) is 2.15. The van der Waals surface area contributed by atoms with E-state index in [0.29, 0.717) is 16.9 Å². The number of benzene rings is 1. The second-order valence-corrected chi connectivity index (χ2v) is 3.89. The molecule has 92 valence electrons. The second kappa shape index (κ2) is 5.06. The number of rotatable bonds is 3. The summed E-state index contributed by atoms with van der Waals surface area (Å²) in [4.78, 5) is 15.0. The molecule has 0 radical (unpaired) electrons. The van der Waals surface area contributed by atoms with Crippen LogP contribution in [-0.4, -0.2) is 23.2 Å². The Morgan fingerprint density at radius 3 is 2.67 bits per heavy atom. The Morgan fingerprint density at radius 2 is 2.00 bits per heavy atom. The van der Waals surface area contributed by atoms with Gasteiger partial charge in [-0.3, -0.25) is 0 Å². The first kappa shape index (κ1) is 12.4. The van der Waals surface area contributed by atoms with E-state index in [1.165, 1.54) is 13.3 Å². The van der Waals surface area contributed by atoms with Gasteiger partial charge in [0.1, 0.15) is 16.5 Å². The first-order valence-corrected chi connectivity index (χ1v) is 5.54. The molecule has 1 aromatic heterocycles. The maximum Gasteiger partial charge on any atom is 0.339 e. The third-order valence-corrected chi connectivity index (χ3v) is 2.80. The fourth-order valence-corrected chi connectivity index (χ4v) is 1.97. The van der Waals surface area contributed by atoms with Gasteiger partial charge in [0.05, 0.1) is 7.11 Å². The smallest absolute Gasteiger partial charge is 0.339 e. The summed E-state index contributed by atoms with van der Waals surface area (Å²) in [5.41, 5.74) is 1.13. The van der Waals surface area contributed by atoms with Gasteiger partial charge in [-0.2, -0.15) is 0 Å². The number of halogens is 1. The van der Waals surface area contributed by atoms with E-state index in [9.17, 15) is 9.90 Å². The van der Waals surface area contributed by atoms with Crippen LogP contribution in [-0.2, 0) is 0 Å². The molecule has 1 N–H and O–H groups in total. The summed E-state index contributed by atoms with van der Waals surface area (Å²) in [5.74, 6) is -0.531. The van der Waals surface area contributed by atoms with Crippen molar-refractivity contribution >= 4 is 17.6 Å². The lowest BCUT2D eigenvalue weighted by atomic mass is 10.0. The van der Waals surface area contributed by atoms with Crippen molar-refractivity contribution in [1.29, 1.82) is 0 Å². The lowest BCUT2D eigenvalue weighted by molar-refractivity contribution is 0.0697. The molecule has 0 amide bonds. The minimum Gasteiger partial charge on any atom is -0.496 e. The van der Waals surface area contributed by atoms with Crippen LogP contribution < -0.4 is 4.74 Å². The Bertz CT molecular complexity index is 599. The van der Waals surface area contributed by atoms with Gasteiger partial charge in [0, 0.05) is 17.3 Å². The van der Waals surface area contributed by atoms with Gasteiger partial charge in [0.15, 0.2) is 0 Å². The molecule has 4 nitrogen and oxygen atoms in total. The van der Waals surface area contributed by atoms with E-state index in [-0.39, 0.29) is 10.7 Å². The third-order valence-electron chi connectivity index (χ3n) is 2.52. The summed E-state index contributed by atoms with van der Waals surface area (Å²) in [5, 5.41) is 9.17. The van der Waals surface area contributed by atoms with Gasteiger partial charge in [-0.15, -0.1) is 0 Å². The maximum atomic E-state index is 11.3. The van der Waals surface area contributed by atoms with E-state index in [0.717, 1.165) is 0 Å². The summed E-state index contributed by atoms with van der Waals surface area (Å²) < 4.78 is 5.22. The summed E-state index contributed by atoms with van der Waals surface area (Å²) in [6.07, 6.45) is 1.47. The standard InChI is InChI=1S/C13H10ClNO3/c1-18-10-5-3-2-4-8(10)9-6-7-15-12(14)11(9)13(16)17/h2-7H,1H3,(H,16,17). The van der Waals surface area contributed by atoms with Crippen LogP contribution in [0.4, 0.5) is 0 Å². The van der Waals surface area contributed by atoms with Crippen molar-refractivity contribution in [2.75, 3.05) is 7.11 Å². The molecule has 0 unspecified atom stereocenters. The van der Waals surface area contributed by atoms with E-state index in [1.807, 2.05) is 6.07 Å². The molecule has 0 saturated carbocycles. The highest BCUT2D eigenvalue weighted by Crippen LogP contribution is 2.34. The fourth-order valence-electron chi connectivity index (χ4n) is 1.73. The number of hydrogen-bond donors (Lipinski definition) is 1. The molecule has 0 spiro atoms. The van der Waals surface area contributed by atoms with Gasteiger partial charge in [-0.05, 0) is 12.1 Å². The highest BCUT2D eigenvalue weighted by Gasteiger charge is 2.18. The Balaban J connectivity index is 2.71. The molecule has 0 aliphatic rings. The Kier molecular flexibility index (Phi) is 3.48. The molecule has 0 atom stereocenters. The van der Waals surface area contributed by atoms with Crippen LogP contribution in [0.2, 0.25) is 5.15 Å². The topological polar surface area (TPSA) is 59.4 Å². The number of aromatic nitrogens is 1.